The van der Waals surface area contributed by atoms with Crippen molar-refractivity contribution >= 4 is 6.29 Å². The SMILES string of the molecule is O=CC(c1ccncc1)N1CCC2(CCNCC2)C1. The molecule has 4 nitrogen and oxygen atoms in total. The number of carbonyl (C=O) groups excluding carboxylic acids is 1. The minimum Gasteiger partial charge on any atom is -0.317 e. The molecule has 2 aliphatic rings. The molecule has 1 N–H and O–H groups in total. The number of aromatic nitrogens is 1. The number of likely N-dealkylation sites (tertiary alicyclic amines) is 1. The smallest absolute Gasteiger partial charge is 0.141 e. The highest BCUT2D eigenvalue weighted by molar-refractivity contribution is 5.61. The fourth-order valence-corrected chi connectivity index (χ4v) is 3.51. The van der Waals surface area contributed by atoms with Crippen molar-refractivity contribution in [1.82, 2.24) is 15.2 Å². The Bertz CT molecular complexity index is 428. The summed E-state index contributed by atoms with van der Waals surface area (Å²) >= 11 is 0. The van der Waals surface area contributed by atoms with Crippen LogP contribution in [0.2, 0.25) is 0 Å². The van der Waals surface area contributed by atoms with Crippen LogP contribution < -0.4 is 5.32 Å². The number of rotatable bonds is 3. The van der Waals surface area contributed by atoms with Crippen molar-refractivity contribution in [3.8, 4) is 0 Å². The van der Waals surface area contributed by atoms with E-state index in [1.54, 1.807) is 12.4 Å². The van der Waals surface area contributed by atoms with Crippen molar-refractivity contribution in [3.63, 3.8) is 0 Å². The van der Waals surface area contributed by atoms with E-state index in [-0.39, 0.29) is 6.04 Å². The zero-order chi connectivity index (χ0) is 13.1. The molecule has 3 heterocycles. The molecule has 1 aromatic rings. The molecule has 0 radical (unpaired) electrons. The van der Waals surface area contributed by atoms with Gasteiger partial charge in [-0.05, 0) is 62.0 Å². The molecule has 1 unspecified atom stereocenters. The van der Waals surface area contributed by atoms with Crippen LogP contribution in [0.25, 0.3) is 0 Å². The maximum atomic E-state index is 11.5. The van der Waals surface area contributed by atoms with E-state index in [1.165, 1.54) is 19.3 Å². The van der Waals surface area contributed by atoms with Crippen molar-refractivity contribution in [2.45, 2.75) is 25.3 Å². The summed E-state index contributed by atoms with van der Waals surface area (Å²) in [6.45, 7) is 4.33. The Kier molecular flexibility index (Phi) is 3.62. The summed E-state index contributed by atoms with van der Waals surface area (Å²) in [5.74, 6) is 0. The Hall–Kier alpha value is -1.26. The molecule has 2 aliphatic heterocycles. The number of nitrogens with zero attached hydrogens (tertiary/aromatic N) is 2. The maximum Gasteiger partial charge on any atom is 0.141 e. The standard InChI is InChI=1S/C15H21N3O/c19-11-14(13-1-6-16-7-2-13)18-10-5-15(12-18)3-8-17-9-4-15/h1-2,6-7,11,14,17H,3-5,8-10,12H2. The molecule has 3 rings (SSSR count). The van der Waals surface area contributed by atoms with Crippen LogP contribution in [0.5, 0.6) is 0 Å². The third-order valence-corrected chi connectivity index (χ3v) is 4.70. The molecular weight excluding hydrogens is 238 g/mol. The molecule has 1 aromatic heterocycles. The lowest BCUT2D eigenvalue weighted by Gasteiger charge is -2.34. The van der Waals surface area contributed by atoms with Gasteiger partial charge in [0.1, 0.15) is 6.29 Å². The Morgan fingerprint density at radius 3 is 2.68 bits per heavy atom. The Balaban J connectivity index is 1.74. The lowest BCUT2D eigenvalue weighted by molar-refractivity contribution is -0.112. The fourth-order valence-electron chi connectivity index (χ4n) is 3.51. The quantitative estimate of drug-likeness (QED) is 0.833. The fraction of sp³-hybridized carbons (Fsp3) is 0.600. The van der Waals surface area contributed by atoms with Gasteiger partial charge in [0.05, 0.1) is 6.04 Å². The zero-order valence-electron chi connectivity index (χ0n) is 11.2. The first-order valence-corrected chi connectivity index (χ1v) is 7.13. The second kappa shape index (κ2) is 5.39. The van der Waals surface area contributed by atoms with Crippen molar-refractivity contribution < 1.29 is 4.79 Å². The van der Waals surface area contributed by atoms with Crippen LogP contribution in [-0.4, -0.2) is 42.3 Å². The summed E-state index contributed by atoms with van der Waals surface area (Å²) in [5, 5.41) is 3.43. The van der Waals surface area contributed by atoms with Gasteiger partial charge in [-0.25, -0.2) is 0 Å². The van der Waals surface area contributed by atoms with Crippen LogP contribution in [0.15, 0.2) is 24.5 Å². The summed E-state index contributed by atoms with van der Waals surface area (Å²) in [7, 11) is 0. The van der Waals surface area contributed by atoms with Crippen molar-refractivity contribution in [2.75, 3.05) is 26.2 Å². The predicted molar refractivity (Wildman–Crippen MR) is 73.8 cm³/mol. The minimum atomic E-state index is -0.0998. The third-order valence-electron chi connectivity index (χ3n) is 4.70. The lowest BCUT2D eigenvalue weighted by Crippen LogP contribution is -2.39. The first-order valence-electron chi connectivity index (χ1n) is 7.13. The molecule has 2 fully saturated rings. The normalized spacial score (nSPS) is 24.4. The van der Waals surface area contributed by atoms with Gasteiger partial charge in [0, 0.05) is 18.9 Å². The van der Waals surface area contributed by atoms with Crippen LogP contribution in [0.1, 0.15) is 30.9 Å². The highest BCUT2D eigenvalue weighted by Gasteiger charge is 2.41. The molecule has 4 heteroatoms. The van der Waals surface area contributed by atoms with Crippen LogP contribution in [0.4, 0.5) is 0 Å². The number of piperidine rings is 1. The van der Waals surface area contributed by atoms with Gasteiger partial charge in [-0.3, -0.25) is 9.88 Å². The van der Waals surface area contributed by atoms with Crippen molar-refractivity contribution in [3.05, 3.63) is 30.1 Å². The Morgan fingerprint density at radius 2 is 2.00 bits per heavy atom. The van der Waals surface area contributed by atoms with Gasteiger partial charge in [-0.2, -0.15) is 0 Å². The van der Waals surface area contributed by atoms with Crippen LogP contribution in [0, 0.1) is 5.41 Å². The van der Waals surface area contributed by atoms with E-state index in [0.29, 0.717) is 5.41 Å². The molecule has 0 amide bonds. The van der Waals surface area contributed by atoms with E-state index in [0.717, 1.165) is 38.0 Å². The Labute approximate surface area is 114 Å². The number of nitrogens with one attached hydrogen (secondary N) is 1. The molecule has 0 aliphatic carbocycles. The molecule has 0 saturated carbocycles. The first kappa shape index (κ1) is 12.8. The van der Waals surface area contributed by atoms with Gasteiger partial charge in [-0.15, -0.1) is 0 Å². The van der Waals surface area contributed by atoms with Gasteiger partial charge >= 0.3 is 0 Å². The van der Waals surface area contributed by atoms with Gasteiger partial charge in [0.25, 0.3) is 0 Å². The minimum absolute atomic E-state index is 0.0998. The second-order valence-electron chi connectivity index (χ2n) is 5.83. The monoisotopic (exact) mass is 259 g/mol. The largest absolute Gasteiger partial charge is 0.317 e. The van der Waals surface area contributed by atoms with E-state index in [9.17, 15) is 4.79 Å². The van der Waals surface area contributed by atoms with Crippen LogP contribution >= 0.6 is 0 Å². The number of aldehydes is 1. The highest BCUT2D eigenvalue weighted by atomic mass is 16.1. The summed E-state index contributed by atoms with van der Waals surface area (Å²) in [4.78, 5) is 17.9. The number of carbonyl (C=O) groups is 1. The summed E-state index contributed by atoms with van der Waals surface area (Å²) < 4.78 is 0. The van der Waals surface area contributed by atoms with E-state index >= 15 is 0 Å². The molecule has 19 heavy (non-hydrogen) atoms. The van der Waals surface area contributed by atoms with Gasteiger partial charge in [0.2, 0.25) is 0 Å². The second-order valence-corrected chi connectivity index (χ2v) is 5.83. The van der Waals surface area contributed by atoms with Crippen molar-refractivity contribution in [2.24, 2.45) is 5.41 Å². The van der Waals surface area contributed by atoms with E-state index < -0.39 is 0 Å². The van der Waals surface area contributed by atoms with Crippen LogP contribution in [0.3, 0.4) is 0 Å². The summed E-state index contributed by atoms with van der Waals surface area (Å²) in [6.07, 6.45) is 8.32. The predicted octanol–water partition coefficient (Wildman–Crippen LogP) is 1.40. The van der Waals surface area contributed by atoms with Gasteiger partial charge < -0.3 is 10.1 Å². The highest BCUT2D eigenvalue weighted by Crippen LogP contribution is 2.41. The topological polar surface area (TPSA) is 45.2 Å². The molecule has 1 spiro atoms. The third kappa shape index (κ3) is 2.55. The van der Waals surface area contributed by atoms with E-state index in [4.69, 9.17) is 0 Å². The average Bonchev–Trinajstić information content (AvgIpc) is 2.85. The number of hydrogen-bond acceptors (Lipinski definition) is 4. The molecule has 0 aromatic carbocycles. The molecule has 2 saturated heterocycles. The molecule has 0 bridgehead atoms. The number of pyridine rings is 1. The lowest BCUT2D eigenvalue weighted by atomic mass is 9.78. The van der Waals surface area contributed by atoms with Crippen LogP contribution in [-0.2, 0) is 4.79 Å². The molecular formula is C15H21N3O. The first-order chi connectivity index (χ1) is 9.33. The van der Waals surface area contributed by atoms with E-state index in [1.807, 2.05) is 12.1 Å². The van der Waals surface area contributed by atoms with Crippen molar-refractivity contribution in [1.29, 1.82) is 0 Å². The zero-order valence-corrected chi connectivity index (χ0v) is 11.2. The van der Waals surface area contributed by atoms with Gasteiger partial charge in [-0.1, -0.05) is 0 Å². The van der Waals surface area contributed by atoms with Gasteiger partial charge in [0.15, 0.2) is 0 Å². The Morgan fingerprint density at radius 1 is 1.26 bits per heavy atom. The van der Waals surface area contributed by atoms with E-state index in [2.05, 4.69) is 15.2 Å². The molecule has 1 atom stereocenters. The summed E-state index contributed by atoms with van der Waals surface area (Å²) in [6, 6.07) is 3.80. The molecule has 102 valence electrons. The average molecular weight is 259 g/mol. The summed E-state index contributed by atoms with van der Waals surface area (Å²) in [5.41, 5.74) is 1.51. The maximum absolute atomic E-state index is 11.5. The number of hydrogen-bond donors (Lipinski definition) is 1.